The van der Waals surface area contributed by atoms with Crippen molar-refractivity contribution in [3.05, 3.63) is 18.2 Å². The molecule has 3 unspecified atom stereocenters. The number of amides is 1. The summed E-state index contributed by atoms with van der Waals surface area (Å²) in [5, 5.41) is 3.15. The van der Waals surface area contributed by atoms with Crippen molar-refractivity contribution in [3.63, 3.8) is 0 Å². The van der Waals surface area contributed by atoms with E-state index in [9.17, 15) is 4.79 Å². The van der Waals surface area contributed by atoms with Gasteiger partial charge in [0.15, 0.2) is 0 Å². The zero-order valence-corrected chi connectivity index (χ0v) is 14.0. The predicted molar refractivity (Wildman–Crippen MR) is 86.0 cm³/mol. The molecule has 0 spiro atoms. The van der Waals surface area contributed by atoms with E-state index in [1.807, 2.05) is 26.2 Å². The zero-order chi connectivity index (χ0) is 16.2. The number of carbonyl (C=O) groups is 1. The summed E-state index contributed by atoms with van der Waals surface area (Å²) in [6.07, 6.45) is 7.47. The third-order valence-electron chi connectivity index (χ3n) is 4.63. The van der Waals surface area contributed by atoms with Gasteiger partial charge in [0, 0.05) is 38.0 Å². The van der Waals surface area contributed by atoms with Crippen molar-refractivity contribution in [1.82, 2.24) is 14.9 Å². The topological polar surface area (TPSA) is 65.4 Å². The number of imidazole rings is 1. The lowest BCUT2D eigenvalue weighted by Crippen LogP contribution is -2.48. The Morgan fingerprint density at radius 2 is 2.39 bits per heavy atom. The second-order valence-electron chi connectivity index (χ2n) is 6.87. The average molecular weight is 321 g/mol. The third-order valence-corrected chi connectivity index (χ3v) is 4.63. The van der Waals surface area contributed by atoms with Crippen LogP contribution in [-0.2, 0) is 27.2 Å². The number of aryl methyl sites for hydroxylation is 1. The van der Waals surface area contributed by atoms with Crippen LogP contribution in [0.5, 0.6) is 0 Å². The standard InChI is InChI=1S/C17H27N3O3/c1-12(2)16(23-11-14-4-3-9-22-14)17(21)19-13-5-6-15-18-7-8-20(15)10-13/h7-8,12-14,16H,3-6,9-11H2,1-2H3,(H,19,21). The highest BCUT2D eigenvalue weighted by Gasteiger charge is 2.28. The highest BCUT2D eigenvalue weighted by Crippen LogP contribution is 2.17. The number of ether oxygens (including phenoxy) is 2. The van der Waals surface area contributed by atoms with Crippen LogP contribution < -0.4 is 5.32 Å². The number of nitrogens with one attached hydrogen (secondary N) is 1. The highest BCUT2D eigenvalue weighted by atomic mass is 16.5. The Labute approximate surface area is 137 Å². The number of carbonyl (C=O) groups excluding carboxylic acids is 1. The van der Waals surface area contributed by atoms with Crippen LogP contribution in [0.25, 0.3) is 0 Å². The van der Waals surface area contributed by atoms with Crippen molar-refractivity contribution < 1.29 is 14.3 Å². The van der Waals surface area contributed by atoms with E-state index in [1.54, 1.807) is 0 Å². The Hall–Kier alpha value is -1.40. The highest BCUT2D eigenvalue weighted by molar-refractivity contribution is 5.81. The number of aromatic nitrogens is 2. The lowest BCUT2D eigenvalue weighted by atomic mass is 10.0. The number of nitrogens with zero attached hydrogens (tertiary/aromatic N) is 2. The van der Waals surface area contributed by atoms with Crippen LogP contribution in [0.4, 0.5) is 0 Å². The van der Waals surface area contributed by atoms with E-state index in [0.29, 0.717) is 6.61 Å². The third kappa shape index (κ3) is 4.12. The predicted octanol–water partition coefficient (Wildman–Crippen LogP) is 1.53. The molecule has 3 heterocycles. The summed E-state index contributed by atoms with van der Waals surface area (Å²) in [5.41, 5.74) is 0. The molecule has 2 aliphatic rings. The lowest BCUT2D eigenvalue weighted by molar-refractivity contribution is -0.139. The molecule has 128 valence electrons. The van der Waals surface area contributed by atoms with Gasteiger partial charge in [-0.25, -0.2) is 4.98 Å². The maximum atomic E-state index is 12.6. The van der Waals surface area contributed by atoms with Crippen LogP contribution in [0, 0.1) is 5.92 Å². The fraction of sp³-hybridized carbons (Fsp3) is 0.765. The van der Waals surface area contributed by atoms with E-state index in [1.165, 1.54) is 0 Å². The number of fused-ring (bicyclic) bond motifs is 1. The Bertz CT molecular complexity index is 523. The molecule has 2 aliphatic heterocycles. The van der Waals surface area contributed by atoms with Gasteiger partial charge in [-0.3, -0.25) is 4.79 Å². The minimum atomic E-state index is -0.414. The van der Waals surface area contributed by atoms with Gasteiger partial charge in [-0.1, -0.05) is 13.8 Å². The summed E-state index contributed by atoms with van der Waals surface area (Å²) >= 11 is 0. The normalized spacial score (nSPS) is 25.3. The molecule has 0 radical (unpaired) electrons. The molecule has 23 heavy (non-hydrogen) atoms. The molecule has 0 saturated carbocycles. The first-order valence-corrected chi connectivity index (χ1v) is 8.67. The molecule has 3 atom stereocenters. The molecular formula is C17H27N3O3. The molecule has 1 N–H and O–H groups in total. The first-order valence-electron chi connectivity index (χ1n) is 8.67. The van der Waals surface area contributed by atoms with Gasteiger partial charge in [0.25, 0.3) is 0 Å². The lowest BCUT2D eigenvalue weighted by Gasteiger charge is -2.28. The van der Waals surface area contributed by atoms with E-state index in [0.717, 1.165) is 44.7 Å². The first-order chi connectivity index (χ1) is 11.1. The fourth-order valence-corrected chi connectivity index (χ4v) is 3.33. The summed E-state index contributed by atoms with van der Waals surface area (Å²) in [7, 11) is 0. The smallest absolute Gasteiger partial charge is 0.249 e. The fourth-order valence-electron chi connectivity index (χ4n) is 3.33. The van der Waals surface area contributed by atoms with Crippen LogP contribution in [0.1, 0.15) is 38.9 Å². The van der Waals surface area contributed by atoms with Crippen molar-refractivity contribution >= 4 is 5.91 Å². The van der Waals surface area contributed by atoms with Gasteiger partial charge >= 0.3 is 0 Å². The van der Waals surface area contributed by atoms with E-state index in [-0.39, 0.29) is 24.0 Å². The molecule has 0 aliphatic carbocycles. The van der Waals surface area contributed by atoms with E-state index < -0.39 is 6.10 Å². The molecule has 3 rings (SSSR count). The minimum Gasteiger partial charge on any atom is -0.376 e. The van der Waals surface area contributed by atoms with Crippen molar-refractivity contribution in [1.29, 1.82) is 0 Å². The maximum Gasteiger partial charge on any atom is 0.249 e. The number of hydrogen-bond acceptors (Lipinski definition) is 4. The van der Waals surface area contributed by atoms with Gasteiger partial charge < -0.3 is 19.4 Å². The first kappa shape index (κ1) is 16.5. The summed E-state index contributed by atoms with van der Waals surface area (Å²) in [6.45, 7) is 6.15. The summed E-state index contributed by atoms with van der Waals surface area (Å²) in [4.78, 5) is 16.9. The monoisotopic (exact) mass is 321 g/mol. The second kappa shape index (κ2) is 7.45. The molecule has 1 aromatic rings. The Morgan fingerprint density at radius 1 is 1.52 bits per heavy atom. The van der Waals surface area contributed by atoms with Crippen LogP contribution >= 0.6 is 0 Å². The van der Waals surface area contributed by atoms with E-state index >= 15 is 0 Å². The van der Waals surface area contributed by atoms with Crippen LogP contribution in [-0.4, -0.2) is 46.9 Å². The second-order valence-corrected chi connectivity index (χ2v) is 6.87. The van der Waals surface area contributed by atoms with Crippen LogP contribution in [0.3, 0.4) is 0 Å². The Kier molecular flexibility index (Phi) is 5.33. The van der Waals surface area contributed by atoms with Gasteiger partial charge in [-0.15, -0.1) is 0 Å². The minimum absolute atomic E-state index is 0.00781. The Morgan fingerprint density at radius 3 is 3.13 bits per heavy atom. The molecular weight excluding hydrogens is 294 g/mol. The van der Waals surface area contributed by atoms with Gasteiger partial charge in [0.1, 0.15) is 11.9 Å². The average Bonchev–Trinajstić information content (AvgIpc) is 3.17. The molecule has 1 saturated heterocycles. The molecule has 0 aromatic carbocycles. The summed E-state index contributed by atoms with van der Waals surface area (Å²) < 4.78 is 13.6. The van der Waals surface area contributed by atoms with Crippen LogP contribution in [0.2, 0.25) is 0 Å². The maximum absolute atomic E-state index is 12.6. The van der Waals surface area contributed by atoms with Gasteiger partial charge in [-0.2, -0.15) is 0 Å². The van der Waals surface area contributed by atoms with Crippen molar-refractivity contribution in [2.45, 2.75) is 64.3 Å². The quantitative estimate of drug-likeness (QED) is 0.863. The van der Waals surface area contributed by atoms with Crippen LogP contribution in [0.15, 0.2) is 12.4 Å². The van der Waals surface area contributed by atoms with E-state index in [2.05, 4.69) is 14.9 Å². The molecule has 1 fully saturated rings. The van der Waals surface area contributed by atoms with Gasteiger partial charge in [0.2, 0.25) is 5.91 Å². The SMILES string of the molecule is CC(C)C(OCC1CCCO1)C(=O)NC1CCc2nccn2C1. The molecule has 1 aromatic heterocycles. The van der Waals surface area contributed by atoms with Crippen molar-refractivity contribution in [2.24, 2.45) is 5.92 Å². The van der Waals surface area contributed by atoms with Crippen molar-refractivity contribution in [2.75, 3.05) is 13.2 Å². The van der Waals surface area contributed by atoms with Gasteiger partial charge in [0.05, 0.1) is 12.7 Å². The molecule has 6 heteroatoms. The zero-order valence-electron chi connectivity index (χ0n) is 14.0. The van der Waals surface area contributed by atoms with Crippen molar-refractivity contribution in [3.8, 4) is 0 Å². The Balaban J connectivity index is 1.52. The molecule has 1 amide bonds. The number of hydrogen-bond donors (Lipinski definition) is 1. The molecule has 6 nitrogen and oxygen atoms in total. The van der Waals surface area contributed by atoms with Gasteiger partial charge in [-0.05, 0) is 25.2 Å². The van der Waals surface area contributed by atoms with E-state index in [4.69, 9.17) is 9.47 Å². The summed E-state index contributed by atoms with van der Waals surface area (Å²) in [5.74, 6) is 1.24. The molecule has 0 bridgehead atoms. The number of rotatable bonds is 6. The largest absolute Gasteiger partial charge is 0.376 e. The summed E-state index contributed by atoms with van der Waals surface area (Å²) in [6, 6.07) is 0.150.